The molecule has 0 spiro atoms. The van der Waals surface area contributed by atoms with Crippen LogP contribution in [0.3, 0.4) is 0 Å². The van der Waals surface area contributed by atoms with Crippen molar-refractivity contribution in [2.75, 3.05) is 18.1 Å². The molecule has 1 N–H and O–H groups in total. The molecule has 3 atom stereocenters. The minimum Gasteiger partial charge on any atom is -0.313 e. The van der Waals surface area contributed by atoms with Crippen molar-refractivity contribution in [1.29, 1.82) is 0 Å². The van der Waals surface area contributed by atoms with Crippen LogP contribution in [0.25, 0.3) is 0 Å². The van der Waals surface area contributed by atoms with Crippen molar-refractivity contribution in [2.45, 2.75) is 64.8 Å². The van der Waals surface area contributed by atoms with Gasteiger partial charge in [-0.1, -0.05) is 39.5 Å². The van der Waals surface area contributed by atoms with Gasteiger partial charge in [-0.3, -0.25) is 4.21 Å². The molecule has 0 radical (unpaired) electrons. The lowest BCUT2D eigenvalue weighted by molar-refractivity contribution is 0.412. The third-order valence-electron chi connectivity index (χ3n) is 3.87. The summed E-state index contributed by atoms with van der Waals surface area (Å²) < 4.78 is 11.3. The Kier molecular flexibility index (Phi) is 8.12. The first-order chi connectivity index (χ1) is 8.26. The Morgan fingerprint density at radius 1 is 1.18 bits per heavy atom. The van der Waals surface area contributed by atoms with E-state index in [0.717, 1.165) is 24.0 Å². The molecule has 1 aliphatic carbocycles. The Hall–Kier alpha value is 0.110. The summed E-state index contributed by atoms with van der Waals surface area (Å²) in [6, 6.07) is 0.686. The first-order valence-electron chi connectivity index (χ1n) is 7.34. The smallest absolute Gasteiger partial charge is 0.0360 e. The fourth-order valence-electron chi connectivity index (χ4n) is 2.80. The van der Waals surface area contributed by atoms with Crippen molar-refractivity contribution in [3.63, 3.8) is 0 Å². The van der Waals surface area contributed by atoms with Gasteiger partial charge >= 0.3 is 0 Å². The highest BCUT2D eigenvalue weighted by Crippen LogP contribution is 2.26. The van der Waals surface area contributed by atoms with Crippen molar-refractivity contribution < 1.29 is 4.21 Å². The molecule has 1 rings (SSSR count). The molecule has 1 fully saturated rings. The first-order valence-corrected chi connectivity index (χ1v) is 8.83. The van der Waals surface area contributed by atoms with E-state index < -0.39 is 10.8 Å². The van der Waals surface area contributed by atoms with Gasteiger partial charge in [0, 0.05) is 34.9 Å². The molecule has 2 nitrogen and oxygen atoms in total. The lowest BCUT2D eigenvalue weighted by atomic mass is 9.95. The molecule has 1 saturated carbocycles. The van der Waals surface area contributed by atoms with E-state index >= 15 is 0 Å². The zero-order chi connectivity index (χ0) is 12.5. The molecular formula is C14H29NOS. The van der Waals surface area contributed by atoms with Crippen molar-refractivity contribution >= 4 is 10.8 Å². The first kappa shape index (κ1) is 15.2. The van der Waals surface area contributed by atoms with E-state index in [1.165, 1.54) is 44.9 Å². The standard InChI is InChI=1S/C14H29NOS/c1-3-6-13-7-5-8-14(10-9-13)15-11-12-17(16)4-2/h13-15H,3-12H2,1-2H3. The maximum absolute atomic E-state index is 11.3. The van der Waals surface area contributed by atoms with Crippen LogP contribution in [0.15, 0.2) is 0 Å². The van der Waals surface area contributed by atoms with Gasteiger partial charge in [-0.05, 0) is 25.2 Å². The SMILES string of the molecule is CCCC1CCCC(NCCS(=O)CC)CC1. The van der Waals surface area contributed by atoms with Gasteiger partial charge in [-0.2, -0.15) is 0 Å². The van der Waals surface area contributed by atoms with Crippen LogP contribution in [0.4, 0.5) is 0 Å². The van der Waals surface area contributed by atoms with Crippen LogP contribution >= 0.6 is 0 Å². The second-order valence-electron chi connectivity index (χ2n) is 5.25. The molecule has 0 aromatic heterocycles. The second-order valence-corrected chi connectivity index (χ2v) is 7.11. The Balaban J connectivity index is 2.15. The monoisotopic (exact) mass is 259 g/mol. The summed E-state index contributed by atoms with van der Waals surface area (Å²) >= 11 is 0. The summed E-state index contributed by atoms with van der Waals surface area (Å²) in [6.07, 6.45) is 9.57. The van der Waals surface area contributed by atoms with Gasteiger partial charge in [0.05, 0.1) is 0 Å². The average molecular weight is 259 g/mol. The fraction of sp³-hybridized carbons (Fsp3) is 1.00. The molecule has 17 heavy (non-hydrogen) atoms. The number of hydrogen-bond acceptors (Lipinski definition) is 2. The van der Waals surface area contributed by atoms with Crippen LogP contribution in [0.1, 0.15) is 58.8 Å². The summed E-state index contributed by atoms with van der Waals surface area (Å²) in [5.74, 6) is 2.59. The van der Waals surface area contributed by atoms with Crippen LogP contribution in [-0.4, -0.2) is 28.3 Å². The molecule has 102 valence electrons. The predicted molar refractivity (Wildman–Crippen MR) is 76.8 cm³/mol. The van der Waals surface area contributed by atoms with Gasteiger partial charge < -0.3 is 5.32 Å². The summed E-state index contributed by atoms with van der Waals surface area (Å²) in [4.78, 5) is 0. The largest absolute Gasteiger partial charge is 0.313 e. The normalized spacial score (nSPS) is 27.6. The Labute approximate surface area is 109 Å². The molecule has 1 aliphatic rings. The third-order valence-corrected chi connectivity index (χ3v) is 5.17. The van der Waals surface area contributed by atoms with E-state index in [0.29, 0.717) is 6.04 Å². The molecule has 3 heteroatoms. The van der Waals surface area contributed by atoms with E-state index in [1.54, 1.807) is 0 Å². The maximum Gasteiger partial charge on any atom is 0.0360 e. The third kappa shape index (κ3) is 6.56. The van der Waals surface area contributed by atoms with Crippen LogP contribution in [0.2, 0.25) is 0 Å². The van der Waals surface area contributed by atoms with Crippen LogP contribution in [0, 0.1) is 5.92 Å². The highest BCUT2D eigenvalue weighted by atomic mass is 32.2. The Morgan fingerprint density at radius 2 is 2.00 bits per heavy atom. The molecule has 0 aromatic carbocycles. The predicted octanol–water partition coefficient (Wildman–Crippen LogP) is 3.09. The van der Waals surface area contributed by atoms with Gasteiger partial charge in [0.15, 0.2) is 0 Å². The van der Waals surface area contributed by atoms with Crippen molar-refractivity contribution in [1.82, 2.24) is 5.32 Å². The van der Waals surface area contributed by atoms with E-state index in [4.69, 9.17) is 0 Å². The Morgan fingerprint density at radius 3 is 2.71 bits per heavy atom. The number of nitrogens with one attached hydrogen (secondary N) is 1. The van der Waals surface area contributed by atoms with Gasteiger partial charge in [0.2, 0.25) is 0 Å². The van der Waals surface area contributed by atoms with Crippen molar-refractivity contribution in [2.24, 2.45) is 5.92 Å². The van der Waals surface area contributed by atoms with Crippen molar-refractivity contribution in [3.05, 3.63) is 0 Å². The molecule has 0 aliphatic heterocycles. The maximum atomic E-state index is 11.3. The van der Waals surface area contributed by atoms with E-state index in [1.807, 2.05) is 6.92 Å². The molecule has 0 heterocycles. The molecule has 0 bridgehead atoms. The summed E-state index contributed by atoms with van der Waals surface area (Å²) in [7, 11) is -0.608. The lowest BCUT2D eigenvalue weighted by Crippen LogP contribution is -2.32. The average Bonchev–Trinajstić information content (AvgIpc) is 2.55. The molecule has 3 unspecified atom stereocenters. The second kappa shape index (κ2) is 9.09. The zero-order valence-corrected chi connectivity index (χ0v) is 12.4. The summed E-state index contributed by atoms with van der Waals surface area (Å²) in [6.45, 7) is 5.22. The number of rotatable bonds is 7. The fourth-order valence-corrected chi connectivity index (χ4v) is 3.43. The quantitative estimate of drug-likeness (QED) is 0.712. The minimum absolute atomic E-state index is 0.608. The van der Waals surface area contributed by atoms with Crippen molar-refractivity contribution in [3.8, 4) is 0 Å². The topological polar surface area (TPSA) is 29.1 Å². The van der Waals surface area contributed by atoms with Crippen LogP contribution in [-0.2, 0) is 10.8 Å². The summed E-state index contributed by atoms with van der Waals surface area (Å²) in [5.41, 5.74) is 0. The highest BCUT2D eigenvalue weighted by molar-refractivity contribution is 7.84. The van der Waals surface area contributed by atoms with Gasteiger partial charge in [-0.25, -0.2) is 0 Å². The van der Waals surface area contributed by atoms with Gasteiger partial charge in [0.1, 0.15) is 0 Å². The summed E-state index contributed by atoms with van der Waals surface area (Å²) in [5, 5.41) is 3.60. The molecular weight excluding hydrogens is 230 g/mol. The number of hydrogen-bond donors (Lipinski definition) is 1. The molecule has 0 saturated heterocycles. The Bertz CT molecular complexity index is 220. The molecule has 0 amide bonds. The lowest BCUT2D eigenvalue weighted by Gasteiger charge is -2.16. The van der Waals surface area contributed by atoms with Gasteiger partial charge in [0.25, 0.3) is 0 Å². The van der Waals surface area contributed by atoms with E-state index in [-0.39, 0.29) is 0 Å². The van der Waals surface area contributed by atoms with E-state index in [2.05, 4.69) is 12.2 Å². The minimum atomic E-state index is -0.608. The molecule has 0 aromatic rings. The van der Waals surface area contributed by atoms with Gasteiger partial charge in [-0.15, -0.1) is 0 Å². The van der Waals surface area contributed by atoms with Crippen LogP contribution in [0.5, 0.6) is 0 Å². The van der Waals surface area contributed by atoms with Crippen LogP contribution < -0.4 is 5.32 Å². The van der Waals surface area contributed by atoms with E-state index in [9.17, 15) is 4.21 Å². The zero-order valence-electron chi connectivity index (χ0n) is 11.5. The highest BCUT2D eigenvalue weighted by Gasteiger charge is 2.17.